The highest BCUT2D eigenvalue weighted by Crippen LogP contribution is 2.80. The molecule has 2 bridgehead atoms. The number of ether oxygens (including phenoxy) is 5. The molecule has 3 aliphatic heterocycles. The van der Waals surface area contributed by atoms with E-state index in [9.17, 15) is 45.3 Å². The molecule has 8 fully saturated rings. The Hall–Kier alpha value is -1.30. The molecule has 1 spiro atoms. The first-order valence-corrected chi connectivity index (χ1v) is 20.6. The van der Waals surface area contributed by atoms with E-state index in [0.717, 1.165) is 57.7 Å². The van der Waals surface area contributed by atoms with E-state index in [1.807, 2.05) is 0 Å². The lowest BCUT2D eigenvalue weighted by atomic mass is 9.30. The first-order valence-electron chi connectivity index (χ1n) is 20.6. The van der Waals surface area contributed by atoms with Gasteiger partial charge in [-0.15, -0.1) is 0 Å². The van der Waals surface area contributed by atoms with Crippen LogP contribution in [0.2, 0.25) is 0 Å². The molecule has 0 aromatic rings. The van der Waals surface area contributed by atoms with Crippen LogP contribution in [-0.2, 0) is 33.3 Å². The molecule has 8 aliphatic rings. The van der Waals surface area contributed by atoms with E-state index in [-0.39, 0.29) is 46.2 Å². The molecular weight excluding hydrogens is 716 g/mol. The standard InChI is InChI=1S/C41H64O14/c1-35(2)21-7-11-38(5)22(8-12-41-23-15-36(3,18-42)13-14-40(23,19-52-41)24(44)16-39(38,41)6)37(21,4)10-9-25(35)53-34-31(26(45)20(43)17-51-34)55-33-29(48)27(46)28(47)30(54-33)32(49)50/h18,20-31,33-34,43-48H,7-17,19H2,1-6H3,(H,49,50). The van der Waals surface area contributed by atoms with E-state index in [1.54, 1.807) is 0 Å². The number of carbonyl (C=O) groups is 2. The Morgan fingerprint density at radius 2 is 1.45 bits per heavy atom. The van der Waals surface area contributed by atoms with Gasteiger partial charge in [0, 0.05) is 16.2 Å². The van der Waals surface area contributed by atoms with Crippen molar-refractivity contribution in [1.82, 2.24) is 0 Å². The van der Waals surface area contributed by atoms with Crippen LogP contribution >= 0.6 is 0 Å². The fraction of sp³-hybridized carbons (Fsp3) is 0.951. The summed E-state index contributed by atoms with van der Waals surface area (Å²) in [6, 6.07) is 0. The molecule has 312 valence electrons. The summed E-state index contributed by atoms with van der Waals surface area (Å²) in [6.07, 6.45) is -6.34. The molecule has 14 nitrogen and oxygen atoms in total. The topological polar surface area (TPSA) is 222 Å². The number of rotatable bonds is 6. The highest BCUT2D eigenvalue weighted by Gasteiger charge is 2.80. The summed E-state index contributed by atoms with van der Waals surface area (Å²) in [4.78, 5) is 24.2. The number of carboxylic acid groups (broad SMARTS) is 1. The van der Waals surface area contributed by atoms with Crippen LogP contribution in [0.3, 0.4) is 0 Å². The van der Waals surface area contributed by atoms with Crippen molar-refractivity contribution in [3.8, 4) is 0 Å². The lowest BCUT2D eigenvalue weighted by Crippen LogP contribution is -2.74. The predicted octanol–water partition coefficient (Wildman–Crippen LogP) is 1.91. The first kappa shape index (κ1) is 40.5. The predicted molar refractivity (Wildman–Crippen MR) is 192 cm³/mol. The van der Waals surface area contributed by atoms with Crippen LogP contribution in [0.4, 0.5) is 0 Å². The highest BCUT2D eigenvalue weighted by atomic mass is 16.8. The Bertz CT molecular complexity index is 1530. The minimum absolute atomic E-state index is 0.0785. The summed E-state index contributed by atoms with van der Waals surface area (Å²) in [5, 5.41) is 74.6. The summed E-state index contributed by atoms with van der Waals surface area (Å²) in [7, 11) is 0. The zero-order valence-electron chi connectivity index (χ0n) is 33.1. The molecule has 7 N–H and O–H groups in total. The van der Waals surface area contributed by atoms with Crippen molar-refractivity contribution < 1.29 is 69.0 Å². The maximum absolute atomic E-state index is 12.4. The number of carbonyl (C=O) groups excluding carboxylic acids is 1. The maximum Gasteiger partial charge on any atom is 0.335 e. The molecule has 0 aromatic heterocycles. The fourth-order valence-electron chi connectivity index (χ4n) is 14.7. The zero-order chi connectivity index (χ0) is 39.9. The third kappa shape index (κ3) is 5.38. The number of aldehydes is 1. The molecule has 0 aromatic carbocycles. The van der Waals surface area contributed by atoms with Gasteiger partial charge in [-0.3, -0.25) is 0 Å². The monoisotopic (exact) mass is 780 g/mol. The van der Waals surface area contributed by atoms with E-state index in [4.69, 9.17) is 23.7 Å². The molecule has 55 heavy (non-hydrogen) atoms. The van der Waals surface area contributed by atoms with Gasteiger partial charge in [0.1, 0.15) is 42.9 Å². The van der Waals surface area contributed by atoms with Gasteiger partial charge in [-0.25, -0.2) is 4.79 Å². The summed E-state index contributed by atoms with van der Waals surface area (Å²) in [5.74, 6) is -0.872. The van der Waals surface area contributed by atoms with Crippen LogP contribution in [0, 0.1) is 50.2 Å². The number of hydrogen-bond donors (Lipinski definition) is 7. The Morgan fingerprint density at radius 3 is 2.15 bits per heavy atom. The molecule has 8 rings (SSSR count). The second kappa shape index (κ2) is 13.1. The number of fused-ring (bicyclic) bond motifs is 4. The average Bonchev–Trinajstić information content (AvgIpc) is 3.41. The normalized spacial score (nSPS) is 58.4. The van der Waals surface area contributed by atoms with E-state index >= 15 is 0 Å². The third-order valence-corrected chi connectivity index (χ3v) is 18.1. The number of hydrogen-bond acceptors (Lipinski definition) is 13. The maximum atomic E-state index is 12.4. The molecule has 0 amide bonds. The molecular formula is C41H64O14. The van der Waals surface area contributed by atoms with Crippen LogP contribution < -0.4 is 0 Å². The van der Waals surface area contributed by atoms with Crippen LogP contribution in [0.1, 0.15) is 106 Å². The summed E-state index contributed by atoms with van der Waals surface area (Å²) >= 11 is 0. The molecule has 20 atom stereocenters. The van der Waals surface area contributed by atoms with Crippen molar-refractivity contribution in [1.29, 1.82) is 0 Å². The van der Waals surface area contributed by atoms with Crippen LogP contribution in [-0.4, -0.2) is 134 Å². The third-order valence-electron chi connectivity index (χ3n) is 18.1. The molecule has 5 aliphatic carbocycles. The van der Waals surface area contributed by atoms with Crippen molar-refractivity contribution in [3.05, 3.63) is 0 Å². The Kier molecular flexibility index (Phi) is 9.64. The van der Waals surface area contributed by atoms with E-state index in [2.05, 4.69) is 41.5 Å². The van der Waals surface area contributed by atoms with Gasteiger partial charge in [-0.05, 0) is 98.2 Å². The molecule has 14 heteroatoms. The van der Waals surface area contributed by atoms with Crippen molar-refractivity contribution in [2.45, 2.75) is 179 Å². The van der Waals surface area contributed by atoms with Gasteiger partial charge >= 0.3 is 5.97 Å². The first-order chi connectivity index (χ1) is 25.6. The van der Waals surface area contributed by atoms with Crippen LogP contribution in [0.5, 0.6) is 0 Å². The quantitative estimate of drug-likeness (QED) is 0.151. The highest BCUT2D eigenvalue weighted by molar-refractivity contribution is 5.73. The molecule has 5 saturated carbocycles. The van der Waals surface area contributed by atoms with Crippen LogP contribution in [0.15, 0.2) is 0 Å². The lowest BCUT2D eigenvalue weighted by molar-refractivity contribution is -0.364. The van der Waals surface area contributed by atoms with Gasteiger partial charge in [0.05, 0.1) is 31.0 Å². The number of aliphatic hydroxyl groups excluding tert-OH is 6. The Labute approximate surface area is 323 Å². The van der Waals surface area contributed by atoms with Crippen molar-refractivity contribution in [3.63, 3.8) is 0 Å². The average molecular weight is 781 g/mol. The van der Waals surface area contributed by atoms with Gasteiger partial charge in [0.25, 0.3) is 0 Å². The Balaban J connectivity index is 1.04. The summed E-state index contributed by atoms with van der Waals surface area (Å²) in [6.45, 7) is 14.1. The number of carboxylic acids is 1. The summed E-state index contributed by atoms with van der Waals surface area (Å²) in [5.41, 5.74) is -2.01. The van der Waals surface area contributed by atoms with E-state index in [0.29, 0.717) is 25.4 Å². The van der Waals surface area contributed by atoms with Gasteiger partial charge in [-0.2, -0.15) is 0 Å². The van der Waals surface area contributed by atoms with Gasteiger partial charge < -0.3 is 64.2 Å². The second-order valence-corrected chi connectivity index (χ2v) is 20.7. The Morgan fingerprint density at radius 1 is 0.745 bits per heavy atom. The van der Waals surface area contributed by atoms with Crippen LogP contribution in [0.25, 0.3) is 0 Å². The van der Waals surface area contributed by atoms with Crippen molar-refractivity contribution in [2.75, 3.05) is 13.2 Å². The fourth-order valence-corrected chi connectivity index (χ4v) is 14.7. The van der Waals surface area contributed by atoms with Crippen molar-refractivity contribution >= 4 is 12.3 Å². The molecule has 20 unspecified atom stereocenters. The lowest BCUT2D eigenvalue weighted by Gasteiger charge is -2.75. The van der Waals surface area contributed by atoms with E-state index in [1.165, 1.54) is 0 Å². The van der Waals surface area contributed by atoms with Gasteiger partial charge in [-0.1, -0.05) is 41.5 Å². The molecule has 3 saturated heterocycles. The SMILES string of the molecule is CC1(C=O)CCC23COC4(CCC5C6(C)CCC(OC7OCC(O)C(O)C7OC7OC(C(=O)O)C(O)C(O)C7O)C(C)(C)C6CCC5(C)C4(C)CC2O)C3C1. The zero-order valence-corrected chi connectivity index (χ0v) is 33.1. The molecule has 3 heterocycles. The van der Waals surface area contributed by atoms with Crippen molar-refractivity contribution in [2.24, 2.45) is 50.2 Å². The molecule has 0 radical (unpaired) electrons. The minimum Gasteiger partial charge on any atom is -0.479 e. The largest absolute Gasteiger partial charge is 0.479 e. The smallest absolute Gasteiger partial charge is 0.335 e. The van der Waals surface area contributed by atoms with Gasteiger partial charge in [0.15, 0.2) is 18.7 Å². The number of aliphatic carboxylic acids is 1. The summed E-state index contributed by atoms with van der Waals surface area (Å²) < 4.78 is 31.0. The number of aliphatic hydroxyl groups is 6. The minimum atomic E-state index is -1.92. The van der Waals surface area contributed by atoms with E-state index < -0.39 is 83.8 Å². The second-order valence-electron chi connectivity index (χ2n) is 20.7. The van der Waals surface area contributed by atoms with Gasteiger partial charge in [0.2, 0.25) is 0 Å².